The lowest BCUT2D eigenvalue weighted by atomic mass is 10.2. The number of anilines is 1. The van der Waals surface area contributed by atoms with Gasteiger partial charge in [0.05, 0.1) is 5.38 Å². The highest BCUT2D eigenvalue weighted by molar-refractivity contribution is 6.20. The summed E-state index contributed by atoms with van der Waals surface area (Å²) in [6, 6.07) is 1.93. The van der Waals surface area contributed by atoms with Crippen molar-refractivity contribution in [1.82, 2.24) is 9.97 Å². The van der Waals surface area contributed by atoms with Crippen LogP contribution < -0.4 is 5.32 Å². The molecule has 84 valence electrons. The molecule has 1 rings (SSSR count). The van der Waals surface area contributed by atoms with Gasteiger partial charge in [0.15, 0.2) is 0 Å². The summed E-state index contributed by atoms with van der Waals surface area (Å²) in [5, 5.41) is 3.40. The maximum Gasteiger partial charge on any atom is 0.129 e. The van der Waals surface area contributed by atoms with Crippen LogP contribution in [0.4, 0.5) is 5.82 Å². The lowest BCUT2D eigenvalue weighted by Gasteiger charge is -2.10. The Kier molecular flexibility index (Phi) is 4.82. The summed E-state index contributed by atoms with van der Waals surface area (Å²) in [5.41, 5.74) is 0.978. The molecule has 3 nitrogen and oxygen atoms in total. The van der Waals surface area contributed by atoms with Crippen molar-refractivity contribution in [3.05, 3.63) is 17.6 Å². The maximum absolute atomic E-state index is 6.10. The van der Waals surface area contributed by atoms with Gasteiger partial charge in [-0.2, -0.15) is 0 Å². The molecule has 0 saturated heterocycles. The first-order chi connectivity index (χ1) is 7.11. The first-order valence-electron chi connectivity index (χ1n) is 5.32. The predicted octanol–water partition coefficient (Wildman–Crippen LogP) is 2.91. The summed E-state index contributed by atoms with van der Waals surface area (Å²) in [7, 11) is 0. The van der Waals surface area contributed by atoms with Crippen molar-refractivity contribution in [3.63, 3.8) is 0 Å². The van der Waals surface area contributed by atoms with Gasteiger partial charge in [-0.3, -0.25) is 0 Å². The molecule has 0 aromatic carbocycles. The summed E-state index contributed by atoms with van der Waals surface area (Å²) in [6.07, 6.45) is 2.13. The van der Waals surface area contributed by atoms with E-state index in [0.717, 1.165) is 36.7 Å². The minimum atomic E-state index is 0.172. The van der Waals surface area contributed by atoms with Crippen molar-refractivity contribution in [3.8, 4) is 0 Å². The maximum atomic E-state index is 6.10. The van der Waals surface area contributed by atoms with E-state index in [1.165, 1.54) is 0 Å². The van der Waals surface area contributed by atoms with Crippen LogP contribution in [0.1, 0.15) is 31.3 Å². The quantitative estimate of drug-likeness (QED) is 0.786. The number of alkyl halides is 1. The van der Waals surface area contributed by atoms with Crippen molar-refractivity contribution < 1.29 is 0 Å². The van der Waals surface area contributed by atoms with E-state index in [1.807, 2.05) is 19.9 Å². The molecule has 0 spiro atoms. The fraction of sp³-hybridized carbons (Fsp3) is 0.636. The fourth-order valence-electron chi connectivity index (χ4n) is 1.44. The molecule has 0 fully saturated rings. The largest absolute Gasteiger partial charge is 0.368 e. The Morgan fingerprint density at radius 2 is 2.13 bits per heavy atom. The van der Waals surface area contributed by atoms with Crippen LogP contribution in [-0.4, -0.2) is 21.9 Å². The first kappa shape index (κ1) is 12.2. The molecule has 0 radical (unpaired) electrons. The van der Waals surface area contributed by atoms with Crippen molar-refractivity contribution in [1.29, 1.82) is 0 Å². The zero-order valence-corrected chi connectivity index (χ0v) is 10.3. The Labute approximate surface area is 96.3 Å². The van der Waals surface area contributed by atoms with Crippen molar-refractivity contribution >= 4 is 17.4 Å². The summed E-state index contributed by atoms with van der Waals surface area (Å²) >= 11 is 6.10. The molecule has 1 aromatic heterocycles. The highest BCUT2D eigenvalue weighted by Gasteiger charge is 2.04. The Morgan fingerprint density at radius 3 is 2.73 bits per heavy atom. The van der Waals surface area contributed by atoms with E-state index in [2.05, 4.69) is 22.2 Å². The Bertz CT molecular complexity index is 294. The number of hydrogen-bond donors (Lipinski definition) is 1. The van der Waals surface area contributed by atoms with Gasteiger partial charge in [-0.25, -0.2) is 9.97 Å². The number of hydrogen-bond acceptors (Lipinski definition) is 3. The SMILES string of the molecule is CCCC(Cl)CNc1cc(C)nc(C)n1. The average Bonchev–Trinajstić information content (AvgIpc) is 2.14. The number of aromatic nitrogens is 2. The number of rotatable bonds is 5. The third kappa shape index (κ3) is 4.47. The lowest BCUT2D eigenvalue weighted by molar-refractivity contribution is 0.749. The number of nitrogens with zero attached hydrogens (tertiary/aromatic N) is 2. The molecule has 1 aromatic rings. The zero-order valence-electron chi connectivity index (χ0n) is 9.55. The second-order valence-electron chi connectivity index (χ2n) is 3.71. The molecule has 0 aliphatic heterocycles. The van der Waals surface area contributed by atoms with E-state index in [-0.39, 0.29) is 5.38 Å². The Balaban J connectivity index is 2.50. The summed E-state index contributed by atoms with van der Waals surface area (Å²) in [4.78, 5) is 8.50. The molecule has 1 N–H and O–H groups in total. The van der Waals surface area contributed by atoms with Crippen LogP contribution >= 0.6 is 11.6 Å². The predicted molar refractivity (Wildman–Crippen MR) is 64.5 cm³/mol. The van der Waals surface area contributed by atoms with Gasteiger partial charge in [0.25, 0.3) is 0 Å². The molecule has 1 atom stereocenters. The van der Waals surface area contributed by atoms with E-state index in [9.17, 15) is 0 Å². The molecule has 1 unspecified atom stereocenters. The minimum Gasteiger partial charge on any atom is -0.368 e. The van der Waals surface area contributed by atoms with Gasteiger partial charge in [-0.05, 0) is 20.3 Å². The van der Waals surface area contributed by atoms with Gasteiger partial charge < -0.3 is 5.32 Å². The molecule has 0 aliphatic carbocycles. The van der Waals surface area contributed by atoms with Crippen LogP contribution in [-0.2, 0) is 0 Å². The molecular formula is C11H18ClN3. The van der Waals surface area contributed by atoms with Gasteiger partial charge in [0.2, 0.25) is 0 Å². The molecule has 0 bridgehead atoms. The highest BCUT2D eigenvalue weighted by atomic mass is 35.5. The molecule has 15 heavy (non-hydrogen) atoms. The van der Waals surface area contributed by atoms with Crippen LogP contribution in [0, 0.1) is 13.8 Å². The fourth-order valence-corrected chi connectivity index (χ4v) is 1.73. The third-order valence-electron chi connectivity index (χ3n) is 2.07. The van der Waals surface area contributed by atoms with Crippen molar-refractivity contribution in [2.24, 2.45) is 0 Å². The van der Waals surface area contributed by atoms with Crippen molar-refractivity contribution in [2.45, 2.75) is 39.0 Å². The van der Waals surface area contributed by atoms with Gasteiger partial charge >= 0.3 is 0 Å². The number of aryl methyl sites for hydroxylation is 2. The lowest BCUT2D eigenvalue weighted by Crippen LogP contribution is -2.15. The second-order valence-corrected chi connectivity index (χ2v) is 4.33. The van der Waals surface area contributed by atoms with Gasteiger partial charge in [-0.15, -0.1) is 11.6 Å². The Morgan fingerprint density at radius 1 is 1.40 bits per heavy atom. The monoisotopic (exact) mass is 227 g/mol. The van der Waals surface area contributed by atoms with Crippen molar-refractivity contribution in [2.75, 3.05) is 11.9 Å². The van der Waals surface area contributed by atoms with E-state index < -0.39 is 0 Å². The highest BCUT2D eigenvalue weighted by Crippen LogP contribution is 2.09. The van der Waals surface area contributed by atoms with E-state index in [4.69, 9.17) is 11.6 Å². The van der Waals surface area contributed by atoms with Gasteiger partial charge in [0, 0.05) is 18.3 Å². The molecule has 0 amide bonds. The summed E-state index contributed by atoms with van der Waals surface area (Å²) < 4.78 is 0. The molecule has 1 heterocycles. The standard InChI is InChI=1S/C11H18ClN3/c1-4-5-10(12)7-13-11-6-8(2)14-9(3)15-11/h6,10H,4-5,7H2,1-3H3,(H,13,14,15). The Hall–Kier alpha value is -0.830. The third-order valence-corrected chi connectivity index (χ3v) is 2.45. The second kappa shape index (κ2) is 5.91. The first-order valence-corrected chi connectivity index (χ1v) is 5.75. The molecule has 0 aliphatic rings. The molecule has 4 heteroatoms. The number of halogens is 1. The van der Waals surface area contributed by atoms with Gasteiger partial charge in [0.1, 0.15) is 11.6 Å². The van der Waals surface area contributed by atoms with E-state index in [0.29, 0.717) is 0 Å². The molecular weight excluding hydrogens is 210 g/mol. The van der Waals surface area contributed by atoms with Crippen LogP contribution in [0.5, 0.6) is 0 Å². The van der Waals surface area contributed by atoms with Crippen LogP contribution in [0.25, 0.3) is 0 Å². The summed E-state index contributed by atoms with van der Waals surface area (Å²) in [6.45, 7) is 6.74. The average molecular weight is 228 g/mol. The normalized spacial score (nSPS) is 12.5. The van der Waals surface area contributed by atoms with Gasteiger partial charge in [-0.1, -0.05) is 13.3 Å². The van der Waals surface area contributed by atoms with E-state index >= 15 is 0 Å². The smallest absolute Gasteiger partial charge is 0.129 e. The molecule has 0 saturated carbocycles. The van der Waals surface area contributed by atoms with Crippen LogP contribution in [0.3, 0.4) is 0 Å². The van der Waals surface area contributed by atoms with E-state index in [1.54, 1.807) is 0 Å². The van der Waals surface area contributed by atoms with Crippen LogP contribution in [0.2, 0.25) is 0 Å². The summed E-state index contributed by atoms with van der Waals surface area (Å²) in [5.74, 6) is 1.65. The topological polar surface area (TPSA) is 37.8 Å². The minimum absolute atomic E-state index is 0.172. The zero-order chi connectivity index (χ0) is 11.3. The van der Waals surface area contributed by atoms with Crippen LogP contribution in [0.15, 0.2) is 6.07 Å². The number of nitrogens with one attached hydrogen (secondary N) is 1.